The Labute approximate surface area is 295 Å². The van der Waals surface area contributed by atoms with Crippen molar-refractivity contribution in [1.82, 2.24) is 5.32 Å². The van der Waals surface area contributed by atoms with Gasteiger partial charge >= 0.3 is 0 Å². The van der Waals surface area contributed by atoms with Gasteiger partial charge in [-0.25, -0.2) is 0 Å². The third-order valence-corrected chi connectivity index (χ3v) is 10.2. The average molecular weight is 686 g/mol. The summed E-state index contributed by atoms with van der Waals surface area (Å²) < 4.78 is 11.4. The van der Waals surface area contributed by atoms with E-state index in [0.717, 1.165) is 38.5 Å². The lowest BCUT2D eigenvalue weighted by atomic mass is 10.00. The molecule has 286 valence electrons. The molecule has 1 fully saturated rings. The van der Waals surface area contributed by atoms with Crippen molar-refractivity contribution in [3.63, 3.8) is 0 Å². The number of carbonyl (C=O) groups is 1. The molecule has 0 saturated carbocycles. The topological polar surface area (TPSA) is 128 Å². The predicted molar refractivity (Wildman–Crippen MR) is 197 cm³/mol. The zero-order chi connectivity index (χ0) is 35.2. The predicted octanol–water partition coefficient (Wildman–Crippen LogP) is 8.64. The van der Waals surface area contributed by atoms with Gasteiger partial charge in [0.2, 0.25) is 5.91 Å². The SMILES string of the molecule is CCCCCCCCCCCCCCCC(=O)N[C@@H](CO[C@@H]1OC(C)[C@H](O)[C@@H](O)[C@H]1O)[C@H](O)CCCCCCCCCCCCCCC. The molecule has 0 aromatic rings. The van der Waals surface area contributed by atoms with Crippen LogP contribution in [0.4, 0.5) is 0 Å². The van der Waals surface area contributed by atoms with Gasteiger partial charge in [0.25, 0.3) is 0 Å². The van der Waals surface area contributed by atoms with Gasteiger partial charge in [0.15, 0.2) is 6.29 Å². The van der Waals surface area contributed by atoms with Crippen molar-refractivity contribution in [3.8, 4) is 0 Å². The number of carbonyl (C=O) groups excluding carboxylic acids is 1. The van der Waals surface area contributed by atoms with Crippen LogP contribution in [0.25, 0.3) is 0 Å². The fraction of sp³-hybridized carbons (Fsp3) is 0.975. The zero-order valence-electron chi connectivity index (χ0n) is 31.6. The molecule has 5 N–H and O–H groups in total. The Morgan fingerprint density at radius 2 is 1.00 bits per heavy atom. The van der Waals surface area contributed by atoms with E-state index in [1.165, 1.54) is 128 Å². The Balaban J connectivity index is 2.34. The van der Waals surface area contributed by atoms with Crippen molar-refractivity contribution in [1.29, 1.82) is 0 Å². The number of amides is 1. The molecule has 0 aromatic carbocycles. The first-order valence-electron chi connectivity index (χ1n) is 20.6. The number of ether oxygens (including phenoxy) is 2. The smallest absolute Gasteiger partial charge is 0.220 e. The molecule has 1 unspecified atom stereocenters. The highest BCUT2D eigenvalue weighted by Crippen LogP contribution is 2.23. The summed E-state index contributed by atoms with van der Waals surface area (Å²) in [6.07, 6.45) is 26.9. The Kier molecular flexibility index (Phi) is 29.2. The van der Waals surface area contributed by atoms with E-state index in [1.54, 1.807) is 6.92 Å². The monoisotopic (exact) mass is 686 g/mol. The van der Waals surface area contributed by atoms with Gasteiger partial charge in [-0.2, -0.15) is 0 Å². The van der Waals surface area contributed by atoms with Gasteiger partial charge in [-0.3, -0.25) is 4.79 Å². The third-order valence-electron chi connectivity index (χ3n) is 10.2. The van der Waals surface area contributed by atoms with Crippen LogP contribution in [0.1, 0.15) is 201 Å². The van der Waals surface area contributed by atoms with E-state index in [0.29, 0.717) is 12.8 Å². The van der Waals surface area contributed by atoms with Crippen LogP contribution in [-0.4, -0.2) is 75.8 Å². The molecule has 7 atom stereocenters. The lowest BCUT2D eigenvalue weighted by Gasteiger charge is -2.39. The first kappa shape index (κ1) is 45.3. The molecule has 1 rings (SSSR count). The Bertz CT molecular complexity index is 726. The second-order valence-electron chi connectivity index (χ2n) is 14.8. The number of nitrogens with one attached hydrogen (secondary N) is 1. The third kappa shape index (κ3) is 22.8. The molecule has 48 heavy (non-hydrogen) atoms. The molecule has 0 spiro atoms. The standard InChI is InChI=1S/C40H79NO7/c1-4-6-8-10-12-14-16-18-20-22-24-26-28-30-35(42)34(32-47-40-39(46)38(45)37(44)33(3)48-40)41-36(43)31-29-27-25-23-21-19-17-15-13-11-9-7-5-2/h33-35,37-40,42,44-46H,4-32H2,1-3H3,(H,41,43)/t33?,34-,35+,37-,38+,39+,40+/m0/s1. The second-order valence-corrected chi connectivity index (χ2v) is 14.8. The Morgan fingerprint density at radius 1 is 0.604 bits per heavy atom. The Morgan fingerprint density at radius 3 is 1.44 bits per heavy atom. The van der Waals surface area contributed by atoms with Gasteiger partial charge in [0.1, 0.15) is 18.3 Å². The van der Waals surface area contributed by atoms with Gasteiger partial charge in [-0.05, 0) is 19.8 Å². The number of rotatable bonds is 33. The summed E-state index contributed by atoms with van der Waals surface area (Å²) >= 11 is 0. The molecule has 8 nitrogen and oxygen atoms in total. The van der Waals surface area contributed by atoms with E-state index in [9.17, 15) is 25.2 Å². The summed E-state index contributed by atoms with van der Waals surface area (Å²) in [5.74, 6) is -0.106. The van der Waals surface area contributed by atoms with E-state index in [1.807, 2.05) is 0 Å². The van der Waals surface area contributed by atoms with Gasteiger partial charge in [-0.15, -0.1) is 0 Å². The molecule has 1 aliphatic heterocycles. The fourth-order valence-electron chi connectivity index (χ4n) is 6.75. The van der Waals surface area contributed by atoms with Crippen LogP contribution < -0.4 is 5.32 Å². The largest absolute Gasteiger partial charge is 0.391 e. The summed E-state index contributed by atoms with van der Waals surface area (Å²) in [5.41, 5.74) is 0. The molecule has 1 heterocycles. The van der Waals surface area contributed by atoms with E-state index in [-0.39, 0.29) is 12.5 Å². The maximum absolute atomic E-state index is 12.9. The summed E-state index contributed by atoms with van der Waals surface area (Å²) in [4.78, 5) is 12.9. The van der Waals surface area contributed by atoms with Crippen LogP contribution in [0.15, 0.2) is 0 Å². The Hall–Kier alpha value is -0.770. The van der Waals surface area contributed by atoms with Crippen molar-refractivity contribution in [2.45, 2.75) is 243 Å². The maximum atomic E-state index is 12.9. The molecule has 0 aromatic heterocycles. The number of aliphatic hydroxyl groups excluding tert-OH is 4. The van der Waals surface area contributed by atoms with Crippen molar-refractivity contribution >= 4 is 5.91 Å². The summed E-state index contributed by atoms with van der Waals surface area (Å²) in [6.45, 7) is 6.07. The van der Waals surface area contributed by atoms with Crippen molar-refractivity contribution in [3.05, 3.63) is 0 Å². The first-order chi connectivity index (χ1) is 23.3. The summed E-state index contributed by atoms with van der Waals surface area (Å²) in [7, 11) is 0. The van der Waals surface area contributed by atoms with Crippen molar-refractivity contribution < 1.29 is 34.7 Å². The molecular weight excluding hydrogens is 606 g/mol. The fourth-order valence-corrected chi connectivity index (χ4v) is 6.75. The van der Waals surface area contributed by atoms with E-state index in [4.69, 9.17) is 9.47 Å². The average Bonchev–Trinajstić information content (AvgIpc) is 3.08. The first-order valence-corrected chi connectivity index (χ1v) is 20.6. The normalized spacial score (nSPS) is 22.5. The zero-order valence-corrected chi connectivity index (χ0v) is 31.6. The van der Waals surface area contributed by atoms with Gasteiger partial charge in [-0.1, -0.05) is 174 Å². The van der Waals surface area contributed by atoms with Crippen LogP contribution in [0, 0.1) is 0 Å². The van der Waals surface area contributed by atoms with Crippen LogP contribution in [-0.2, 0) is 14.3 Å². The highest BCUT2D eigenvalue weighted by molar-refractivity contribution is 5.76. The van der Waals surface area contributed by atoms with E-state index < -0.39 is 42.9 Å². The summed E-state index contributed by atoms with van der Waals surface area (Å²) in [6, 6.07) is -0.646. The van der Waals surface area contributed by atoms with Crippen molar-refractivity contribution in [2.24, 2.45) is 0 Å². The molecule has 0 radical (unpaired) electrons. The minimum absolute atomic E-state index is 0.0543. The molecule has 0 bridgehead atoms. The number of hydrogen-bond donors (Lipinski definition) is 5. The van der Waals surface area contributed by atoms with Crippen molar-refractivity contribution in [2.75, 3.05) is 6.61 Å². The van der Waals surface area contributed by atoms with Gasteiger partial charge in [0.05, 0.1) is 24.9 Å². The molecule has 1 amide bonds. The number of unbranched alkanes of at least 4 members (excludes halogenated alkanes) is 24. The molecule has 8 heteroatoms. The van der Waals surface area contributed by atoms with Crippen LogP contribution in [0.3, 0.4) is 0 Å². The molecule has 1 saturated heterocycles. The summed E-state index contributed by atoms with van der Waals surface area (Å²) in [5, 5.41) is 44.6. The number of aliphatic hydroxyl groups is 4. The van der Waals surface area contributed by atoms with Gasteiger partial charge < -0.3 is 35.2 Å². The lowest BCUT2D eigenvalue weighted by Crippen LogP contribution is -2.58. The molecular formula is C40H79NO7. The lowest BCUT2D eigenvalue weighted by molar-refractivity contribution is -0.295. The second kappa shape index (κ2) is 31.0. The maximum Gasteiger partial charge on any atom is 0.220 e. The highest BCUT2D eigenvalue weighted by Gasteiger charge is 2.42. The minimum Gasteiger partial charge on any atom is -0.391 e. The van der Waals surface area contributed by atoms with E-state index >= 15 is 0 Å². The van der Waals surface area contributed by atoms with E-state index in [2.05, 4.69) is 19.2 Å². The van der Waals surface area contributed by atoms with Crippen LogP contribution >= 0.6 is 0 Å². The van der Waals surface area contributed by atoms with Gasteiger partial charge in [0, 0.05) is 6.42 Å². The number of hydrogen-bond acceptors (Lipinski definition) is 7. The molecule has 0 aliphatic carbocycles. The van der Waals surface area contributed by atoms with Crippen LogP contribution in [0.5, 0.6) is 0 Å². The quantitative estimate of drug-likeness (QED) is 0.0438. The minimum atomic E-state index is -1.42. The van der Waals surface area contributed by atoms with Crippen LogP contribution in [0.2, 0.25) is 0 Å². The highest BCUT2D eigenvalue weighted by atomic mass is 16.7. The molecule has 1 aliphatic rings.